The van der Waals surface area contributed by atoms with Gasteiger partial charge in [0.05, 0.1) is 6.61 Å². The molecular formula is C15H24N2O2. The molecular weight excluding hydrogens is 240 g/mol. The maximum atomic E-state index is 11.8. The highest BCUT2D eigenvalue weighted by molar-refractivity contribution is 5.89. The molecule has 0 radical (unpaired) electrons. The van der Waals surface area contributed by atoms with Crippen LogP contribution in [0.4, 0.5) is 10.5 Å². The number of rotatable bonds is 6. The number of aryl methyl sites for hydroxylation is 1. The lowest BCUT2D eigenvalue weighted by Crippen LogP contribution is -2.41. The van der Waals surface area contributed by atoms with Crippen LogP contribution in [0.5, 0.6) is 0 Å². The molecule has 106 valence electrons. The van der Waals surface area contributed by atoms with Crippen molar-refractivity contribution < 1.29 is 9.90 Å². The van der Waals surface area contributed by atoms with Crippen LogP contribution >= 0.6 is 0 Å². The molecule has 0 bridgehead atoms. The molecule has 0 aromatic heterocycles. The molecule has 0 aliphatic carbocycles. The van der Waals surface area contributed by atoms with Crippen molar-refractivity contribution in [2.75, 3.05) is 18.5 Å². The van der Waals surface area contributed by atoms with Crippen molar-refractivity contribution in [3.8, 4) is 0 Å². The summed E-state index contributed by atoms with van der Waals surface area (Å²) in [5, 5.41) is 15.0. The lowest BCUT2D eigenvalue weighted by atomic mass is 9.83. The third-order valence-electron chi connectivity index (χ3n) is 3.77. The summed E-state index contributed by atoms with van der Waals surface area (Å²) in [6.45, 7) is 6.62. The number of urea groups is 1. The van der Waals surface area contributed by atoms with E-state index in [-0.39, 0.29) is 18.1 Å². The molecule has 19 heavy (non-hydrogen) atoms. The molecule has 0 aliphatic rings. The molecule has 1 aromatic carbocycles. The van der Waals surface area contributed by atoms with Crippen LogP contribution in [0.15, 0.2) is 24.3 Å². The van der Waals surface area contributed by atoms with E-state index in [1.54, 1.807) is 0 Å². The van der Waals surface area contributed by atoms with Gasteiger partial charge in [0.15, 0.2) is 0 Å². The first-order chi connectivity index (χ1) is 9.05. The zero-order valence-corrected chi connectivity index (χ0v) is 12.0. The Morgan fingerprint density at radius 1 is 1.21 bits per heavy atom. The Labute approximate surface area is 115 Å². The number of nitrogens with one attached hydrogen (secondary N) is 2. The van der Waals surface area contributed by atoms with Crippen LogP contribution in [-0.4, -0.2) is 24.3 Å². The average Bonchev–Trinajstić information content (AvgIpc) is 2.44. The third-order valence-corrected chi connectivity index (χ3v) is 3.77. The van der Waals surface area contributed by atoms with Gasteiger partial charge in [0, 0.05) is 17.6 Å². The normalized spacial score (nSPS) is 11.2. The van der Waals surface area contributed by atoms with Gasteiger partial charge in [-0.15, -0.1) is 0 Å². The molecule has 0 aliphatic heterocycles. The summed E-state index contributed by atoms with van der Waals surface area (Å²) in [4.78, 5) is 11.8. The van der Waals surface area contributed by atoms with Crippen molar-refractivity contribution in [1.82, 2.24) is 5.32 Å². The van der Waals surface area contributed by atoms with Crippen molar-refractivity contribution in [3.63, 3.8) is 0 Å². The van der Waals surface area contributed by atoms with Gasteiger partial charge in [0.1, 0.15) is 0 Å². The standard InChI is InChI=1S/C15H24N2O2/c1-4-15(5-2,11-18)10-16-14(19)17-13-8-6-12(3)7-9-13/h6-9,18H,4-5,10-11H2,1-3H3,(H2,16,17,19). The van der Waals surface area contributed by atoms with E-state index < -0.39 is 0 Å². The third kappa shape index (κ3) is 4.56. The number of carbonyl (C=O) groups excluding carboxylic acids is 1. The van der Waals surface area contributed by atoms with Gasteiger partial charge in [-0.25, -0.2) is 4.79 Å². The number of aliphatic hydroxyl groups is 1. The minimum absolute atomic E-state index is 0.0881. The number of benzene rings is 1. The van der Waals surface area contributed by atoms with Crippen molar-refractivity contribution in [1.29, 1.82) is 0 Å². The quantitative estimate of drug-likeness (QED) is 0.740. The van der Waals surface area contributed by atoms with Crippen molar-refractivity contribution in [2.24, 2.45) is 5.41 Å². The molecule has 4 heteroatoms. The molecule has 0 fully saturated rings. The van der Waals surface area contributed by atoms with Gasteiger partial charge < -0.3 is 15.7 Å². The van der Waals surface area contributed by atoms with E-state index in [2.05, 4.69) is 10.6 Å². The second kappa shape index (κ2) is 7.14. The summed E-state index contributed by atoms with van der Waals surface area (Å²) in [6, 6.07) is 7.41. The topological polar surface area (TPSA) is 61.4 Å². The number of carbonyl (C=O) groups is 1. The molecule has 2 amide bonds. The van der Waals surface area contributed by atoms with Gasteiger partial charge in [-0.1, -0.05) is 31.5 Å². The number of hydrogen-bond donors (Lipinski definition) is 3. The summed E-state index contributed by atoms with van der Waals surface area (Å²) < 4.78 is 0. The Balaban J connectivity index is 2.49. The predicted octanol–water partition coefficient (Wildman–Crippen LogP) is 2.92. The Hall–Kier alpha value is -1.55. The number of amides is 2. The van der Waals surface area contributed by atoms with Crippen LogP contribution in [0, 0.1) is 12.3 Å². The summed E-state index contributed by atoms with van der Waals surface area (Å²) in [5.74, 6) is 0. The lowest BCUT2D eigenvalue weighted by molar-refractivity contribution is 0.116. The first kappa shape index (κ1) is 15.5. The van der Waals surface area contributed by atoms with Gasteiger partial charge in [0.25, 0.3) is 0 Å². The van der Waals surface area contributed by atoms with E-state index >= 15 is 0 Å². The van der Waals surface area contributed by atoms with E-state index in [4.69, 9.17) is 0 Å². The second-order valence-corrected chi connectivity index (χ2v) is 5.04. The predicted molar refractivity (Wildman–Crippen MR) is 78.3 cm³/mol. The van der Waals surface area contributed by atoms with Crippen LogP contribution in [0.3, 0.4) is 0 Å². The van der Waals surface area contributed by atoms with Crippen LogP contribution in [0.1, 0.15) is 32.3 Å². The van der Waals surface area contributed by atoms with Gasteiger partial charge in [-0.05, 0) is 31.9 Å². The molecule has 3 N–H and O–H groups in total. The van der Waals surface area contributed by atoms with E-state index in [9.17, 15) is 9.90 Å². The largest absolute Gasteiger partial charge is 0.396 e. The van der Waals surface area contributed by atoms with Gasteiger partial charge in [-0.3, -0.25) is 0 Å². The molecule has 4 nitrogen and oxygen atoms in total. The molecule has 1 rings (SSSR count). The highest BCUT2D eigenvalue weighted by Crippen LogP contribution is 2.24. The molecule has 0 saturated carbocycles. The van der Waals surface area contributed by atoms with Crippen LogP contribution in [0.2, 0.25) is 0 Å². The summed E-state index contributed by atoms with van der Waals surface area (Å²) in [6.07, 6.45) is 1.68. The second-order valence-electron chi connectivity index (χ2n) is 5.04. The van der Waals surface area contributed by atoms with E-state index in [1.807, 2.05) is 45.0 Å². The Bertz CT molecular complexity index is 389. The van der Waals surface area contributed by atoms with E-state index in [0.717, 1.165) is 24.1 Å². The highest BCUT2D eigenvalue weighted by atomic mass is 16.3. The van der Waals surface area contributed by atoms with Crippen LogP contribution in [-0.2, 0) is 0 Å². The summed E-state index contributed by atoms with van der Waals surface area (Å²) >= 11 is 0. The minimum atomic E-state index is -0.233. The average molecular weight is 264 g/mol. The van der Waals surface area contributed by atoms with Crippen LogP contribution in [0.25, 0.3) is 0 Å². The van der Waals surface area contributed by atoms with Crippen molar-refractivity contribution in [3.05, 3.63) is 29.8 Å². The van der Waals surface area contributed by atoms with Gasteiger partial charge in [-0.2, -0.15) is 0 Å². The fourth-order valence-electron chi connectivity index (χ4n) is 1.86. The molecule has 0 spiro atoms. The maximum absolute atomic E-state index is 11.8. The number of aliphatic hydroxyl groups excluding tert-OH is 1. The zero-order valence-electron chi connectivity index (χ0n) is 12.0. The van der Waals surface area contributed by atoms with Crippen molar-refractivity contribution in [2.45, 2.75) is 33.6 Å². The fourth-order valence-corrected chi connectivity index (χ4v) is 1.86. The Morgan fingerprint density at radius 3 is 2.26 bits per heavy atom. The maximum Gasteiger partial charge on any atom is 0.319 e. The Morgan fingerprint density at radius 2 is 1.79 bits per heavy atom. The molecule has 1 aromatic rings. The number of anilines is 1. The zero-order chi connectivity index (χ0) is 14.3. The molecule has 0 atom stereocenters. The minimum Gasteiger partial charge on any atom is -0.396 e. The summed E-state index contributed by atoms with van der Waals surface area (Å²) in [7, 11) is 0. The summed E-state index contributed by atoms with van der Waals surface area (Å²) in [5.41, 5.74) is 1.71. The van der Waals surface area contributed by atoms with E-state index in [1.165, 1.54) is 0 Å². The molecule has 0 heterocycles. The monoisotopic (exact) mass is 264 g/mol. The van der Waals surface area contributed by atoms with Gasteiger partial charge >= 0.3 is 6.03 Å². The van der Waals surface area contributed by atoms with Crippen LogP contribution < -0.4 is 10.6 Å². The van der Waals surface area contributed by atoms with E-state index in [0.29, 0.717) is 6.54 Å². The first-order valence-electron chi connectivity index (χ1n) is 6.77. The molecule has 0 unspecified atom stereocenters. The molecule has 0 saturated heterocycles. The van der Waals surface area contributed by atoms with Gasteiger partial charge in [0.2, 0.25) is 0 Å². The lowest BCUT2D eigenvalue weighted by Gasteiger charge is -2.29. The SMILES string of the molecule is CCC(CC)(CO)CNC(=O)Nc1ccc(C)cc1. The first-order valence-corrected chi connectivity index (χ1v) is 6.77. The fraction of sp³-hybridized carbons (Fsp3) is 0.533. The Kier molecular flexibility index (Phi) is 5.83. The number of hydrogen-bond acceptors (Lipinski definition) is 2. The van der Waals surface area contributed by atoms with Crippen molar-refractivity contribution >= 4 is 11.7 Å². The highest BCUT2D eigenvalue weighted by Gasteiger charge is 2.25. The smallest absolute Gasteiger partial charge is 0.319 e.